The van der Waals surface area contributed by atoms with Gasteiger partial charge in [-0.3, -0.25) is 4.99 Å². The number of nitrogens with zero attached hydrogens (tertiary/aromatic N) is 1. The second-order valence-corrected chi connectivity index (χ2v) is 4.66. The molecule has 86 valence electrons. The third-order valence-corrected chi connectivity index (χ3v) is 2.26. The van der Waals surface area contributed by atoms with Gasteiger partial charge in [0.15, 0.2) is 0 Å². The van der Waals surface area contributed by atoms with Crippen LogP contribution in [0, 0.1) is 0 Å². The summed E-state index contributed by atoms with van der Waals surface area (Å²) in [6.45, 7) is 12.8. The minimum atomic E-state index is 0.0255. The number of rotatable bonds is 4. The second kappa shape index (κ2) is 6.60. The maximum atomic E-state index is 4.47. The summed E-state index contributed by atoms with van der Waals surface area (Å²) in [7, 11) is 0. The van der Waals surface area contributed by atoms with Crippen LogP contribution < -0.4 is 0 Å². The highest BCUT2D eigenvalue weighted by atomic mass is 14.8. The van der Waals surface area contributed by atoms with Crippen LogP contribution in [0.5, 0.6) is 0 Å². The van der Waals surface area contributed by atoms with Gasteiger partial charge in [-0.05, 0) is 57.8 Å². The summed E-state index contributed by atoms with van der Waals surface area (Å²) in [5.41, 5.74) is 2.85. The topological polar surface area (TPSA) is 12.4 Å². The minimum Gasteiger partial charge on any atom is -0.287 e. The lowest BCUT2D eigenvalue weighted by molar-refractivity contribution is 0.587. The summed E-state index contributed by atoms with van der Waals surface area (Å²) in [6.07, 6.45) is 8.45. The van der Waals surface area contributed by atoms with Crippen LogP contribution in [0.2, 0.25) is 0 Å². The van der Waals surface area contributed by atoms with Gasteiger partial charge in [0.1, 0.15) is 0 Å². The number of allylic oxidation sites excluding steroid dienone is 4. The van der Waals surface area contributed by atoms with Crippen molar-refractivity contribution in [2.75, 3.05) is 0 Å². The molecule has 0 aliphatic carbocycles. The Hall–Kier alpha value is -0.850. The Morgan fingerprint density at radius 3 is 1.93 bits per heavy atom. The van der Waals surface area contributed by atoms with Crippen molar-refractivity contribution in [3.63, 3.8) is 0 Å². The van der Waals surface area contributed by atoms with Gasteiger partial charge in [-0.25, -0.2) is 0 Å². The van der Waals surface area contributed by atoms with Gasteiger partial charge in [0.05, 0.1) is 5.54 Å². The lowest BCUT2D eigenvalue weighted by atomic mass is 10.0. The fourth-order valence-corrected chi connectivity index (χ4v) is 1.42. The average Bonchev–Trinajstić information content (AvgIpc) is 2.15. The summed E-state index contributed by atoms with van der Waals surface area (Å²) in [5.74, 6) is 0. The molecule has 0 heterocycles. The smallest absolute Gasteiger partial charge is 0.0524 e. The fourth-order valence-electron chi connectivity index (χ4n) is 1.42. The Morgan fingerprint density at radius 1 is 1.07 bits per heavy atom. The maximum absolute atomic E-state index is 4.47. The summed E-state index contributed by atoms with van der Waals surface area (Å²) in [5, 5.41) is 0. The van der Waals surface area contributed by atoms with Gasteiger partial charge in [-0.2, -0.15) is 0 Å². The molecule has 0 atom stereocenters. The Morgan fingerprint density at radius 2 is 1.60 bits per heavy atom. The van der Waals surface area contributed by atoms with Crippen LogP contribution in [-0.2, 0) is 0 Å². The molecule has 0 aliphatic heterocycles. The number of aliphatic imine (C=N–C) groups is 1. The summed E-state index contributed by atoms with van der Waals surface area (Å²) in [4.78, 5) is 4.47. The summed E-state index contributed by atoms with van der Waals surface area (Å²) >= 11 is 0. The van der Waals surface area contributed by atoms with Crippen LogP contribution in [0.15, 0.2) is 28.3 Å². The molecule has 0 N–H and O–H groups in total. The molecule has 0 aromatic carbocycles. The van der Waals surface area contributed by atoms with Crippen molar-refractivity contribution in [1.29, 1.82) is 0 Å². The van der Waals surface area contributed by atoms with Gasteiger partial charge >= 0.3 is 0 Å². The van der Waals surface area contributed by atoms with Crippen molar-refractivity contribution in [2.45, 2.75) is 59.9 Å². The molecule has 0 fully saturated rings. The molecule has 0 unspecified atom stereocenters. The first kappa shape index (κ1) is 14.2. The Labute approximate surface area is 95.0 Å². The van der Waals surface area contributed by atoms with E-state index in [1.54, 1.807) is 0 Å². The summed E-state index contributed by atoms with van der Waals surface area (Å²) in [6, 6.07) is 0. The van der Waals surface area contributed by atoms with Crippen molar-refractivity contribution in [3.8, 4) is 0 Å². The van der Waals surface area contributed by atoms with E-state index in [0.29, 0.717) is 0 Å². The third-order valence-electron chi connectivity index (χ3n) is 2.26. The van der Waals surface area contributed by atoms with Crippen LogP contribution in [0.1, 0.15) is 54.4 Å². The van der Waals surface area contributed by atoms with Gasteiger partial charge in [-0.1, -0.05) is 19.9 Å². The van der Waals surface area contributed by atoms with Crippen molar-refractivity contribution in [1.82, 2.24) is 0 Å². The molecule has 0 aromatic heterocycles. The van der Waals surface area contributed by atoms with Crippen LogP contribution in [0.3, 0.4) is 0 Å². The van der Waals surface area contributed by atoms with E-state index in [2.05, 4.69) is 58.7 Å². The zero-order valence-electron chi connectivity index (χ0n) is 11.1. The first-order valence-electron chi connectivity index (χ1n) is 5.84. The normalized spacial score (nSPS) is 15.1. The number of hydrogen-bond acceptors (Lipinski definition) is 1. The SMILES string of the molecule is C/C=C(CC)/C(=C\C=N/C(C)(C)C)CC. The first-order valence-corrected chi connectivity index (χ1v) is 5.84. The molecular weight excluding hydrogens is 182 g/mol. The van der Waals surface area contributed by atoms with Gasteiger partial charge in [0, 0.05) is 6.21 Å². The Kier molecular flexibility index (Phi) is 6.23. The molecule has 0 saturated heterocycles. The maximum Gasteiger partial charge on any atom is 0.0524 e. The average molecular weight is 207 g/mol. The second-order valence-electron chi connectivity index (χ2n) is 4.66. The highest BCUT2D eigenvalue weighted by Crippen LogP contribution is 2.16. The molecule has 0 radical (unpaired) electrons. The Balaban J connectivity index is 4.69. The largest absolute Gasteiger partial charge is 0.287 e. The molecular formula is C14H25N. The first-order chi connectivity index (χ1) is 6.94. The van der Waals surface area contributed by atoms with E-state index in [-0.39, 0.29) is 5.54 Å². The highest BCUT2D eigenvalue weighted by Gasteiger charge is 2.04. The van der Waals surface area contributed by atoms with Gasteiger partial charge in [0.25, 0.3) is 0 Å². The Bertz CT molecular complexity index is 262. The van der Waals surface area contributed by atoms with E-state index < -0.39 is 0 Å². The molecule has 0 rings (SSSR count). The zero-order valence-corrected chi connectivity index (χ0v) is 11.1. The quantitative estimate of drug-likeness (QED) is 0.474. The molecule has 1 nitrogen and oxygen atoms in total. The lowest BCUT2D eigenvalue weighted by Crippen LogP contribution is -2.09. The predicted molar refractivity (Wildman–Crippen MR) is 70.7 cm³/mol. The number of hydrogen-bond donors (Lipinski definition) is 0. The monoisotopic (exact) mass is 207 g/mol. The minimum absolute atomic E-state index is 0.0255. The van der Waals surface area contributed by atoms with Gasteiger partial charge in [0.2, 0.25) is 0 Å². The zero-order chi connectivity index (χ0) is 11.9. The molecule has 1 heteroatoms. The van der Waals surface area contributed by atoms with Crippen LogP contribution in [0.4, 0.5) is 0 Å². The fraction of sp³-hybridized carbons (Fsp3) is 0.643. The molecule has 0 spiro atoms. The van der Waals surface area contributed by atoms with E-state index in [4.69, 9.17) is 0 Å². The molecule has 15 heavy (non-hydrogen) atoms. The highest BCUT2D eigenvalue weighted by molar-refractivity contribution is 5.74. The van der Waals surface area contributed by atoms with Crippen molar-refractivity contribution >= 4 is 6.21 Å². The predicted octanol–water partition coefficient (Wildman–Crippen LogP) is 4.55. The molecule has 0 amide bonds. The van der Waals surface area contributed by atoms with E-state index >= 15 is 0 Å². The van der Waals surface area contributed by atoms with Gasteiger partial charge in [-0.15, -0.1) is 0 Å². The van der Waals surface area contributed by atoms with E-state index in [0.717, 1.165) is 12.8 Å². The molecule has 0 aromatic rings. The van der Waals surface area contributed by atoms with Crippen LogP contribution >= 0.6 is 0 Å². The van der Waals surface area contributed by atoms with Crippen LogP contribution in [0.25, 0.3) is 0 Å². The molecule has 0 saturated carbocycles. The standard InChI is InChI=1S/C14H25N/c1-7-12(8-2)13(9-3)10-11-15-14(4,5)6/h7,10-11H,8-9H2,1-6H3/b12-7+,13-10-,15-11-. The third kappa shape index (κ3) is 6.27. The molecule has 0 bridgehead atoms. The van der Waals surface area contributed by atoms with E-state index in [1.165, 1.54) is 11.1 Å². The molecule has 0 aliphatic rings. The van der Waals surface area contributed by atoms with Gasteiger partial charge < -0.3 is 0 Å². The van der Waals surface area contributed by atoms with E-state index in [1.807, 2.05) is 6.21 Å². The van der Waals surface area contributed by atoms with Crippen molar-refractivity contribution < 1.29 is 0 Å². The van der Waals surface area contributed by atoms with Crippen molar-refractivity contribution in [2.24, 2.45) is 4.99 Å². The van der Waals surface area contributed by atoms with Crippen LogP contribution in [-0.4, -0.2) is 11.8 Å². The van der Waals surface area contributed by atoms with Crippen molar-refractivity contribution in [3.05, 3.63) is 23.3 Å². The lowest BCUT2D eigenvalue weighted by Gasteiger charge is -2.11. The van der Waals surface area contributed by atoms with E-state index in [9.17, 15) is 0 Å². The summed E-state index contributed by atoms with van der Waals surface area (Å²) < 4.78 is 0.